The van der Waals surface area contributed by atoms with Gasteiger partial charge >= 0.3 is 12.1 Å². The van der Waals surface area contributed by atoms with E-state index in [9.17, 15) is 27.6 Å². The largest absolute Gasteiger partial charge is 0.490 e. The van der Waals surface area contributed by atoms with Crippen molar-refractivity contribution in [3.05, 3.63) is 36.0 Å². The Morgan fingerprint density at radius 2 is 1.97 bits per heavy atom. The Labute approximate surface area is 211 Å². The molecular weight excluding hydrogens is 493 g/mol. The van der Waals surface area contributed by atoms with Gasteiger partial charge in [0.1, 0.15) is 5.82 Å². The third-order valence-electron chi connectivity index (χ3n) is 5.87. The van der Waals surface area contributed by atoms with Gasteiger partial charge in [0, 0.05) is 49.2 Å². The number of ether oxygens (including phenoxy) is 1. The fourth-order valence-corrected chi connectivity index (χ4v) is 3.92. The Kier molecular flexibility index (Phi) is 8.09. The van der Waals surface area contributed by atoms with Crippen LogP contribution in [0.4, 0.5) is 36.3 Å². The smallest absolute Gasteiger partial charge is 0.449 e. The highest BCUT2D eigenvalue weighted by Gasteiger charge is 2.41. The van der Waals surface area contributed by atoms with E-state index in [2.05, 4.69) is 30.7 Å². The predicted octanol–water partition coefficient (Wildman–Crippen LogP) is 3.57. The van der Waals surface area contributed by atoms with Crippen molar-refractivity contribution in [3.8, 4) is 0 Å². The Bertz CT molecular complexity index is 1160. The monoisotopic (exact) mass is 520 g/mol. The zero-order chi connectivity index (χ0) is 26.4. The molecule has 0 radical (unpaired) electrons. The molecule has 2 fully saturated rings. The van der Waals surface area contributed by atoms with E-state index >= 15 is 0 Å². The molecule has 0 atom stereocenters. The van der Waals surface area contributed by atoms with Crippen LogP contribution < -0.4 is 16.0 Å². The van der Waals surface area contributed by atoms with E-state index < -0.39 is 24.7 Å². The van der Waals surface area contributed by atoms with E-state index in [1.807, 2.05) is 4.90 Å². The number of rotatable bonds is 11. The molecule has 1 aliphatic heterocycles. The molecule has 2 amide bonds. The Morgan fingerprint density at radius 3 is 2.68 bits per heavy atom. The fourth-order valence-electron chi connectivity index (χ4n) is 3.92. The first-order valence-corrected chi connectivity index (χ1v) is 12.0. The fraction of sp³-hybridized carbons (Fsp3) is 0.458. The van der Waals surface area contributed by atoms with Crippen molar-refractivity contribution in [2.24, 2.45) is 0 Å². The van der Waals surface area contributed by atoms with Gasteiger partial charge in [0.25, 0.3) is 5.91 Å². The quantitative estimate of drug-likeness (QED) is 0.303. The molecular formula is C24H27F3N6O4. The van der Waals surface area contributed by atoms with Gasteiger partial charge < -0.3 is 25.6 Å². The number of halogens is 3. The molecule has 1 saturated carbocycles. The summed E-state index contributed by atoms with van der Waals surface area (Å²) in [6, 6.07) is 6.40. The zero-order valence-corrected chi connectivity index (χ0v) is 19.9. The van der Waals surface area contributed by atoms with Gasteiger partial charge in [-0.05, 0) is 49.8 Å². The molecule has 10 nitrogen and oxygen atoms in total. The van der Waals surface area contributed by atoms with Gasteiger partial charge in [-0.2, -0.15) is 18.2 Å². The summed E-state index contributed by atoms with van der Waals surface area (Å²) in [6.45, 7) is 1.10. The first-order valence-electron chi connectivity index (χ1n) is 12.0. The number of esters is 1. The maximum absolute atomic E-state index is 12.2. The van der Waals surface area contributed by atoms with Crippen molar-refractivity contribution in [2.45, 2.75) is 44.2 Å². The topological polar surface area (TPSA) is 126 Å². The molecule has 198 valence electrons. The molecule has 37 heavy (non-hydrogen) atoms. The summed E-state index contributed by atoms with van der Waals surface area (Å²) in [5.41, 5.74) is 1.85. The second-order valence-electron chi connectivity index (χ2n) is 8.86. The van der Waals surface area contributed by atoms with Crippen LogP contribution in [0.15, 0.2) is 30.5 Å². The van der Waals surface area contributed by atoms with Gasteiger partial charge in [-0.25, -0.2) is 9.78 Å². The van der Waals surface area contributed by atoms with Crippen molar-refractivity contribution in [3.63, 3.8) is 0 Å². The lowest BCUT2D eigenvalue weighted by Crippen LogP contribution is -2.29. The highest BCUT2D eigenvalue weighted by Crippen LogP contribution is 2.42. The van der Waals surface area contributed by atoms with Crippen LogP contribution in [-0.2, 0) is 19.1 Å². The highest BCUT2D eigenvalue weighted by molar-refractivity contribution is 5.93. The summed E-state index contributed by atoms with van der Waals surface area (Å²) in [6.07, 6.45) is 1.09. The number of aromatic nitrogens is 2. The minimum absolute atomic E-state index is 0.202. The van der Waals surface area contributed by atoms with Crippen LogP contribution in [0, 0.1) is 0 Å². The van der Waals surface area contributed by atoms with Crippen molar-refractivity contribution in [1.82, 2.24) is 14.9 Å². The summed E-state index contributed by atoms with van der Waals surface area (Å²) in [7, 11) is 0. The van der Waals surface area contributed by atoms with Gasteiger partial charge in [0.2, 0.25) is 11.9 Å². The van der Waals surface area contributed by atoms with E-state index in [4.69, 9.17) is 0 Å². The molecule has 2 heterocycles. The molecule has 2 aromatic rings. The number of hydrogen-bond donors (Lipinski definition) is 3. The molecule has 13 heteroatoms. The van der Waals surface area contributed by atoms with E-state index in [1.54, 1.807) is 24.4 Å². The first kappa shape index (κ1) is 26.2. The summed E-state index contributed by atoms with van der Waals surface area (Å²) in [5, 5.41) is 8.79. The van der Waals surface area contributed by atoms with Gasteiger partial charge in [-0.15, -0.1) is 0 Å². The highest BCUT2D eigenvalue weighted by atomic mass is 19.4. The number of anilines is 4. The average molecular weight is 521 g/mol. The van der Waals surface area contributed by atoms with Crippen LogP contribution >= 0.6 is 0 Å². The summed E-state index contributed by atoms with van der Waals surface area (Å²) in [4.78, 5) is 45.3. The zero-order valence-electron chi connectivity index (χ0n) is 19.9. The summed E-state index contributed by atoms with van der Waals surface area (Å²) in [5.74, 6) is -1.68. The third kappa shape index (κ3) is 7.54. The van der Waals surface area contributed by atoms with Crippen molar-refractivity contribution >= 4 is 40.9 Å². The third-order valence-corrected chi connectivity index (χ3v) is 5.87. The molecule has 1 saturated heterocycles. The number of nitrogens with one attached hydrogen (secondary N) is 3. The molecule has 1 aromatic heterocycles. The molecule has 0 unspecified atom stereocenters. The minimum atomic E-state index is -5.17. The number of alkyl halides is 3. The Morgan fingerprint density at radius 1 is 1.19 bits per heavy atom. The van der Waals surface area contributed by atoms with Crippen LogP contribution in [0.2, 0.25) is 0 Å². The molecule has 2 aliphatic rings. The standard InChI is InChI=1S/C24H27F3N6O4/c25-24(26,27)22(36)37-14-19(34)30-16-4-1-5-17(12-16)31-23-29-13-18(15-7-8-15)21(32-23)28-9-3-11-33-10-2-6-20(33)35/h1,4-5,12-13,15H,2-3,6-11,14H2,(H,30,34)(H2,28,29,31,32). The molecule has 3 N–H and O–H groups in total. The first-order chi connectivity index (χ1) is 17.7. The normalized spacial score (nSPS) is 15.4. The van der Waals surface area contributed by atoms with E-state index in [1.165, 1.54) is 6.07 Å². The number of amides is 2. The lowest BCUT2D eigenvalue weighted by molar-refractivity contribution is -0.199. The number of carbonyl (C=O) groups excluding carboxylic acids is 3. The Hall–Kier alpha value is -3.90. The van der Waals surface area contributed by atoms with Gasteiger partial charge in [-0.1, -0.05) is 6.07 Å². The number of benzene rings is 1. The van der Waals surface area contributed by atoms with Crippen LogP contribution in [0.25, 0.3) is 0 Å². The van der Waals surface area contributed by atoms with E-state index in [-0.39, 0.29) is 11.6 Å². The van der Waals surface area contributed by atoms with Crippen molar-refractivity contribution in [1.29, 1.82) is 0 Å². The maximum Gasteiger partial charge on any atom is 0.490 e. The van der Waals surface area contributed by atoms with Crippen molar-refractivity contribution < 1.29 is 32.3 Å². The second-order valence-corrected chi connectivity index (χ2v) is 8.86. The molecule has 1 aliphatic carbocycles. The molecule has 0 spiro atoms. The average Bonchev–Trinajstić information content (AvgIpc) is 3.61. The lowest BCUT2D eigenvalue weighted by Gasteiger charge is -2.16. The summed E-state index contributed by atoms with van der Waals surface area (Å²) < 4.78 is 40.6. The van der Waals surface area contributed by atoms with Gasteiger partial charge in [0.15, 0.2) is 6.61 Å². The predicted molar refractivity (Wildman–Crippen MR) is 128 cm³/mol. The number of nitrogens with zero attached hydrogens (tertiary/aromatic N) is 3. The van der Waals surface area contributed by atoms with Crippen molar-refractivity contribution in [2.75, 3.05) is 42.2 Å². The van der Waals surface area contributed by atoms with Crippen LogP contribution in [-0.4, -0.2) is 65.1 Å². The minimum Gasteiger partial charge on any atom is -0.449 e. The van der Waals surface area contributed by atoms with Crippen LogP contribution in [0.3, 0.4) is 0 Å². The van der Waals surface area contributed by atoms with Gasteiger partial charge in [0.05, 0.1) is 0 Å². The molecule has 0 bridgehead atoms. The molecule has 4 rings (SSSR count). The van der Waals surface area contributed by atoms with Crippen LogP contribution in [0.1, 0.15) is 43.6 Å². The molecule has 1 aromatic carbocycles. The number of likely N-dealkylation sites (tertiary alicyclic amines) is 1. The van der Waals surface area contributed by atoms with Crippen LogP contribution in [0.5, 0.6) is 0 Å². The Balaban J connectivity index is 1.33. The van der Waals surface area contributed by atoms with E-state index in [0.717, 1.165) is 43.6 Å². The SMILES string of the molecule is O=C(COC(=O)C(F)(F)F)Nc1cccc(Nc2ncc(C3CC3)c(NCCCN3CCCC3=O)n2)c1. The number of hydrogen-bond acceptors (Lipinski definition) is 8. The maximum atomic E-state index is 12.2. The van der Waals surface area contributed by atoms with Gasteiger partial charge in [-0.3, -0.25) is 9.59 Å². The number of carbonyl (C=O) groups is 3. The summed E-state index contributed by atoms with van der Waals surface area (Å²) >= 11 is 0. The second kappa shape index (κ2) is 11.4. The lowest BCUT2D eigenvalue weighted by atomic mass is 10.2. The van der Waals surface area contributed by atoms with E-state index in [0.29, 0.717) is 37.1 Å².